The van der Waals surface area contributed by atoms with E-state index in [0.717, 1.165) is 58.3 Å². The summed E-state index contributed by atoms with van der Waals surface area (Å²) < 4.78 is 38.9. The summed E-state index contributed by atoms with van der Waals surface area (Å²) in [4.78, 5) is 0. The average molecular weight is 481 g/mol. The fourth-order valence-corrected chi connectivity index (χ4v) is 20.0. The predicted molar refractivity (Wildman–Crippen MR) is 129 cm³/mol. The van der Waals surface area contributed by atoms with Gasteiger partial charge in [-0.05, 0) is 59.7 Å². The molecule has 0 saturated carbocycles. The van der Waals surface area contributed by atoms with Gasteiger partial charge in [0.2, 0.25) is 0 Å². The smallest absolute Gasteiger partial charge is 0.347 e. The van der Waals surface area contributed by atoms with E-state index in [1.54, 1.807) is 0 Å². The monoisotopic (exact) mass is 480 g/mol. The van der Waals surface area contributed by atoms with E-state index in [2.05, 4.69) is 61.2 Å². The van der Waals surface area contributed by atoms with Crippen LogP contribution in [0.3, 0.4) is 0 Å². The summed E-state index contributed by atoms with van der Waals surface area (Å²) in [5.41, 5.74) is -0.216. The van der Waals surface area contributed by atoms with Crippen LogP contribution in [-0.4, -0.2) is 62.7 Å². The zero-order valence-corrected chi connectivity index (χ0v) is 24.0. The summed E-state index contributed by atoms with van der Waals surface area (Å²) in [5.74, 6) is 0. The Balaban J connectivity index is 3.08. The molecule has 0 radical (unpaired) electrons. The van der Waals surface area contributed by atoms with Crippen LogP contribution in [0.2, 0.25) is 19.6 Å². The topological polar surface area (TPSA) is 55.4 Å². The van der Waals surface area contributed by atoms with Crippen molar-refractivity contribution in [1.29, 1.82) is 0 Å². The van der Waals surface area contributed by atoms with Gasteiger partial charge in [-0.2, -0.15) is 0 Å². The van der Waals surface area contributed by atoms with Crippen LogP contribution in [0.4, 0.5) is 0 Å². The van der Waals surface area contributed by atoms with E-state index in [4.69, 9.17) is 26.6 Å². The van der Waals surface area contributed by atoms with Gasteiger partial charge in [-0.1, -0.05) is 40.0 Å². The normalized spacial score (nSPS) is 32.7. The van der Waals surface area contributed by atoms with Crippen LogP contribution in [0.25, 0.3) is 0 Å². The van der Waals surface area contributed by atoms with Gasteiger partial charge < -0.3 is 26.6 Å². The van der Waals surface area contributed by atoms with Gasteiger partial charge in [-0.15, -0.1) is 0 Å². The minimum Gasteiger partial charge on any atom is -0.413 e. The quantitative estimate of drug-likeness (QED) is 0.228. The van der Waals surface area contributed by atoms with Gasteiger partial charge in [0.25, 0.3) is 0 Å². The van der Waals surface area contributed by atoms with Gasteiger partial charge in [-0.25, -0.2) is 0 Å². The van der Waals surface area contributed by atoms with Gasteiger partial charge in [0.1, 0.15) is 0 Å². The van der Waals surface area contributed by atoms with E-state index < -0.39 is 25.7 Å². The Morgan fingerprint density at radius 1 is 0.533 bits per heavy atom. The van der Waals surface area contributed by atoms with Crippen molar-refractivity contribution in [2.75, 3.05) is 19.8 Å². The molecular formula is C21H48O6Si3. The molecule has 0 aromatic rings. The van der Waals surface area contributed by atoms with E-state index in [-0.39, 0.29) is 17.2 Å². The van der Waals surface area contributed by atoms with E-state index in [1.165, 1.54) is 0 Å². The van der Waals surface area contributed by atoms with Crippen molar-refractivity contribution in [2.45, 2.75) is 117 Å². The minimum atomic E-state index is -2.67. The van der Waals surface area contributed by atoms with Crippen molar-refractivity contribution < 1.29 is 26.6 Å². The highest BCUT2D eigenvalue weighted by atomic mass is 28.5. The molecule has 0 aromatic heterocycles. The number of rotatable bonds is 15. The molecule has 1 aliphatic heterocycles. The molecule has 0 spiro atoms. The van der Waals surface area contributed by atoms with Crippen LogP contribution in [0.15, 0.2) is 0 Å². The second-order valence-electron chi connectivity index (χ2n) is 8.95. The molecule has 1 fully saturated rings. The van der Waals surface area contributed by atoms with Gasteiger partial charge >= 0.3 is 25.7 Å². The molecular weight excluding hydrogens is 432 g/mol. The molecule has 6 nitrogen and oxygen atoms in total. The molecule has 0 bridgehead atoms. The first kappa shape index (κ1) is 28.4. The molecule has 180 valence electrons. The Kier molecular flexibility index (Phi) is 12.5. The Bertz CT molecular complexity index is 409. The Hall–Kier alpha value is 0.411. The lowest BCUT2D eigenvalue weighted by molar-refractivity contribution is 0.0309. The van der Waals surface area contributed by atoms with Crippen molar-refractivity contribution in [3.8, 4) is 0 Å². The molecule has 0 amide bonds. The van der Waals surface area contributed by atoms with Crippen LogP contribution in [-0.2, 0) is 26.6 Å². The molecule has 30 heavy (non-hydrogen) atoms. The number of hydrogen-bond donors (Lipinski definition) is 0. The summed E-state index contributed by atoms with van der Waals surface area (Å²) in [6.45, 7) is 21.4. The standard InChI is InChI=1S/C21H48O6Si3/c1-10-13-16-22-19(4)28(7)25-29(8,20(5)23-17-14-11-2)27-30(9,26-28)21(6)24-18-15-12-3/h19-21H,10-18H2,1-9H3. The summed E-state index contributed by atoms with van der Waals surface area (Å²) >= 11 is 0. The van der Waals surface area contributed by atoms with E-state index in [1.807, 2.05) is 0 Å². The average Bonchev–Trinajstić information content (AvgIpc) is 2.67. The van der Waals surface area contributed by atoms with Crippen molar-refractivity contribution in [3.05, 3.63) is 0 Å². The van der Waals surface area contributed by atoms with Gasteiger partial charge in [0.15, 0.2) is 0 Å². The summed E-state index contributed by atoms with van der Waals surface area (Å²) in [7, 11) is -8.00. The van der Waals surface area contributed by atoms with Crippen LogP contribution < -0.4 is 0 Å². The van der Waals surface area contributed by atoms with Crippen molar-refractivity contribution in [2.24, 2.45) is 0 Å². The van der Waals surface area contributed by atoms with Crippen molar-refractivity contribution >= 4 is 25.7 Å². The maximum absolute atomic E-state index is 6.78. The lowest BCUT2D eigenvalue weighted by atomic mass is 10.4. The largest absolute Gasteiger partial charge is 0.413 e. The molecule has 1 aliphatic rings. The maximum atomic E-state index is 6.78. The lowest BCUT2D eigenvalue weighted by Crippen LogP contribution is -2.76. The fraction of sp³-hybridized carbons (Fsp3) is 1.00. The summed E-state index contributed by atoms with van der Waals surface area (Å²) in [6.07, 6.45) is 6.46. The maximum Gasteiger partial charge on any atom is 0.347 e. The second-order valence-corrected chi connectivity index (χ2v) is 19.9. The molecule has 0 aromatic carbocycles. The van der Waals surface area contributed by atoms with Crippen molar-refractivity contribution in [1.82, 2.24) is 0 Å². The summed E-state index contributed by atoms with van der Waals surface area (Å²) in [5, 5.41) is 0. The predicted octanol–water partition coefficient (Wildman–Crippen LogP) is 5.50. The van der Waals surface area contributed by atoms with Crippen molar-refractivity contribution in [3.63, 3.8) is 0 Å². The third kappa shape index (κ3) is 8.08. The van der Waals surface area contributed by atoms with E-state index in [0.29, 0.717) is 0 Å². The first-order valence-electron chi connectivity index (χ1n) is 12.0. The molecule has 1 saturated heterocycles. The van der Waals surface area contributed by atoms with Crippen LogP contribution in [0.1, 0.15) is 80.1 Å². The molecule has 1 rings (SSSR count). The molecule has 9 heteroatoms. The Morgan fingerprint density at radius 3 is 0.967 bits per heavy atom. The lowest BCUT2D eigenvalue weighted by Gasteiger charge is -2.54. The third-order valence-electron chi connectivity index (χ3n) is 6.03. The molecule has 0 aliphatic carbocycles. The summed E-state index contributed by atoms with van der Waals surface area (Å²) in [6, 6.07) is 0. The molecule has 1 heterocycles. The first-order valence-corrected chi connectivity index (χ1v) is 19.2. The molecule has 3 unspecified atom stereocenters. The van der Waals surface area contributed by atoms with Crippen LogP contribution in [0, 0.1) is 0 Å². The van der Waals surface area contributed by atoms with Gasteiger partial charge in [0.05, 0.1) is 17.2 Å². The minimum absolute atomic E-state index is 0.0720. The number of ether oxygens (including phenoxy) is 3. The van der Waals surface area contributed by atoms with E-state index in [9.17, 15) is 0 Å². The van der Waals surface area contributed by atoms with Gasteiger partial charge in [0, 0.05) is 19.8 Å². The molecule has 3 atom stereocenters. The highest BCUT2D eigenvalue weighted by Crippen LogP contribution is 2.37. The highest BCUT2D eigenvalue weighted by molar-refractivity contribution is 6.94. The fourth-order valence-electron chi connectivity index (χ4n) is 3.44. The first-order chi connectivity index (χ1) is 14.1. The second kappa shape index (κ2) is 13.2. The number of unbranched alkanes of at least 4 members (excludes halogenated alkanes) is 3. The molecule has 0 N–H and O–H groups in total. The van der Waals surface area contributed by atoms with Gasteiger partial charge in [-0.3, -0.25) is 0 Å². The Morgan fingerprint density at radius 2 is 0.767 bits per heavy atom. The van der Waals surface area contributed by atoms with E-state index >= 15 is 0 Å². The Labute approximate surface area is 189 Å². The third-order valence-corrected chi connectivity index (χ3v) is 20.7. The van der Waals surface area contributed by atoms with Crippen LogP contribution >= 0.6 is 0 Å². The number of hydrogen-bond acceptors (Lipinski definition) is 6. The highest BCUT2D eigenvalue weighted by Gasteiger charge is 2.63. The van der Waals surface area contributed by atoms with Crippen LogP contribution in [0.5, 0.6) is 0 Å². The SMILES string of the molecule is CCCCOC(C)[Si]1(C)O[Si](C)(C(C)OCCCC)O[Si](C)(C(C)OCCCC)O1. The zero-order valence-electron chi connectivity index (χ0n) is 21.0. The zero-order chi connectivity index (χ0) is 22.8.